The highest BCUT2D eigenvalue weighted by atomic mass is 16.2. The summed E-state index contributed by atoms with van der Waals surface area (Å²) in [5, 5.41) is 2.67. The number of fused-ring (bicyclic) bond motifs is 1. The normalized spacial score (nSPS) is 15.6. The van der Waals surface area contributed by atoms with Gasteiger partial charge in [0.25, 0.3) is 5.56 Å². The fourth-order valence-electron chi connectivity index (χ4n) is 4.30. The maximum atomic E-state index is 13.5. The van der Waals surface area contributed by atoms with Crippen LogP contribution in [0.2, 0.25) is 0 Å². The number of benzene rings is 1. The van der Waals surface area contributed by atoms with Crippen LogP contribution in [0.25, 0.3) is 11.0 Å². The molecule has 3 aromatic rings. The molecule has 9 heteroatoms. The van der Waals surface area contributed by atoms with Gasteiger partial charge in [-0.2, -0.15) is 0 Å². The number of piperidine rings is 1. The summed E-state index contributed by atoms with van der Waals surface area (Å²) < 4.78 is 3.19. The van der Waals surface area contributed by atoms with Crippen LogP contribution in [0.4, 0.5) is 11.6 Å². The standard InChI is InChI=1S/C25H28N6O3/c1-3-4-13-31-23-21(28-25(31)30-12-7-8-18(26)15-30)11-14-29(24(23)34)16-22(33)19-9-5-6-10-20(19)27-17(2)32/h5-6,9-11,14,18H,7-8,12-13,15-16,26H2,1-2H3,(H,27,32). The third kappa shape index (κ3) is 4.72. The van der Waals surface area contributed by atoms with Gasteiger partial charge in [0.05, 0.1) is 24.3 Å². The minimum Gasteiger partial charge on any atom is -0.341 e. The number of nitrogens with zero attached hydrogens (tertiary/aromatic N) is 4. The number of nitrogens with two attached hydrogens (primary N) is 1. The molecule has 1 aliphatic rings. The van der Waals surface area contributed by atoms with Crippen LogP contribution in [-0.4, -0.2) is 44.9 Å². The van der Waals surface area contributed by atoms with Crippen molar-refractivity contribution in [1.29, 1.82) is 0 Å². The molecule has 9 nitrogen and oxygen atoms in total. The Kier molecular flexibility index (Phi) is 6.80. The number of nitrogens with one attached hydrogen (secondary N) is 1. The Hall–Kier alpha value is -3.90. The van der Waals surface area contributed by atoms with Crippen molar-refractivity contribution in [3.8, 4) is 11.8 Å². The molecule has 0 aliphatic carbocycles. The highest BCUT2D eigenvalue weighted by Gasteiger charge is 2.24. The van der Waals surface area contributed by atoms with E-state index >= 15 is 0 Å². The van der Waals surface area contributed by atoms with Crippen LogP contribution >= 0.6 is 0 Å². The Morgan fingerprint density at radius 1 is 1.26 bits per heavy atom. The summed E-state index contributed by atoms with van der Waals surface area (Å²) in [6.45, 7) is 4.75. The molecule has 176 valence electrons. The van der Waals surface area contributed by atoms with Gasteiger partial charge in [-0.1, -0.05) is 18.1 Å². The van der Waals surface area contributed by atoms with Crippen LogP contribution in [0.15, 0.2) is 41.3 Å². The Morgan fingerprint density at radius 3 is 2.79 bits per heavy atom. The first-order chi connectivity index (χ1) is 16.4. The highest BCUT2D eigenvalue weighted by Crippen LogP contribution is 2.23. The number of aromatic nitrogens is 3. The third-order valence-corrected chi connectivity index (χ3v) is 5.86. The largest absolute Gasteiger partial charge is 0.341 e. The first kappa shape index (κ1) is 23.3. The summed E-state index contributed by atoms with van der Waals surface area (Å²) in [4.78, 5) is 44.9. The van der Waals surface area contributed by atoms with E-state index in [2.05, 4.69) is 22.1 Å². The van der Waals surface area contributed by atoms with Crippen molar-refractivity contribution in [2.75, 3.05) is 23.3 Å². The van der Waals surface area contributed by atoms with Gasteiger partial charge >= 0.3 is 0 Å². The number of ketones is 1. The van der Waals surface area contributed by atoms with Crippen LogP contribution in [0.3, 0.4) is 0 Å². The van der Waals surface area contributed by atoms with Crippen molar-refractivity contribution in [2.24, 2.45) is 5.73 Å². The number of imidazole rings is 1. The lowest BCUT2D eigenvalue weighted by atomic mass is 10.1. The Morgan fingerprint density at radius 2 is 2.06 bits per heavy atom. The lowest BCUT2D eigenvalue weighted by Crippen LogP contribution is -2.44. The number of hydrogen-bond acceptors (Lipinski definition) is 6. The van der Waals surface area contributed by atoms with Gasteiger partial charge in [-0.05, 0) is 38.0 Å². The molecule has 0 spiro atoms. The topological polar surface area (TPSA) is 115 Å². The van der Waals surface area contributed by atoms with Crippen LogP contribution < -0.4 is 21.5 Å². The predicted molar refractivity (Wildman–Crippen MR) is 132 cm³/mol. The van der Waals surface area contributed by atoms with Crippen LogP contribution in [-0.2, 0) is 17.9 Å². The Balaban J connectivity index is 1.73. The van der Waals surface area contributed by atoms with E-state index in [4.69, 9.17) is 10.7 Å². The summed E-state index contributed by atoms with van der Waals surface area (Å²) in [6, 6.07) is 8.55. The molecule has 0 radical (unpaired) electrons. The minimum atomic E-state index is -0.319. The van der Waals surface area contributed by atoms with Crippen LogP contribution in [0.5, 0.6) is 0 Å². The van der Waals surface area contributed by atoms with Gasteiger partial charge in [0, 0.05) is 37.8 Å². The molecule has 1 saturated heterocycles. The van der Waals surface area contributed by atoms with Gasteiger partial charge in [0.15, 0.2) is 5.78 Å². The van der Waals surface area contributed by atoms with E-state index in [1.807, 2.05) is 4.57 Å². The van der Waals surface area contributed by atoms with Crippen molar-refractivity contribution in [2.45, 2.75) is 45.8 Å². The monoisotopic (exact) mass is 460 g/mol. The van der Waals surface area contributed by atoms with E-state index in [1.54, 1.807) is 43.5 Å². The lowest BCUT2D eigenvalue weighted by Gasteiger charge is -2.31. The molecule has 1 fully saturated rings. The molecule has 1 amide bonds. The van der Waals surface area contributed by atoms with E-state index in [-0.39, 0.29) is 29.8 Å². The number of pyridine rings is 1. The van der Waals surface area contributed by atoms with Crippen molar-refractivity contribution in [3.05, 3.63) is 52.4 Å². The molecule has 3 N–H and O–H groups in total. The fourth-order valence-corrected chi connectivity index (χ4v) is 4.30. The minimum absolute atomic E-state index is 0.0530. The zero-order valence-electron chi connectivity index (χ0n) is 19.4. The Bertz CT molecular complexity index is 1360. The number of Topliss-reactive ketones (excluding diaryl/α,β-unsaturated/α-hetero) is 1. The second-order valence-electron chi connectivity index (χ2n) is 8.41. The molecule has 0 bridgehead atoms. The van der Waals surface area contributed by atoms with Crippen molar-refractivity contribution in [1.82, 2.24) is 14.1 Å². The van der Waals surface area contributed by atoms with Gasteiger partial charge in [-0.25, -0.2) is 4.98 Å². The smallest absolute Gasteiger partial charge is 0.277 e. The van der Waals surface area contributed by atoms with Gasteiger partial charge < -0.3 is 20.5 Å². The van der Waals surface area contributed by atoms with Gasteiger partial charge in [0.1, 0.15) is 5.52 Å². The number of carbonyl (C=O) groups excluding carboxylic acids is 2. The maximum absolute atomic E-state index is 13.5. The van der Waals surface area contributed by atoms with Gasteiger partial charge in [-0.15, -0.1) is 5.92 Å². The molecule has 0 saturated carbocycles. The first-order valence-corrected chi connectivity index (χ1v) is 11.3. The SMILES string of the molecule is CC#CCn1c(N2CCCC(N)C2)nc2ccn(CC(=O)c3ccccc3NC(C)=O)c(=O)c21. The van der Waals surface area contributed by atoms with E-state index in [0.717, 1.165) is 19.4 Å². The van der Waals surface area contributed by atoms with E-state index < -0.39 is 0 Å². The second kappa shape index (κ2) is 9.93. The highest BCUT2D eigenvalue weighted by molar-refractivity contribution is 6.04. The van der Waals surface area contributed by atoms with E-state index in [0.29, 0.717) is 41.3 Å². The fraction of sp³-hybridized carbons (Fsp3) is 0.360. The molecule has 34 heavy (non-hydrogen) atoms. The third-order valence-electron chi connectivity index (χ3n) is 5.86. The molecule has 1 atom stereocenters. The molecule has 1 aromatic carbocycles. The molecule has 4 rings (SSSR count). The zero-order valence-corrected chi connectivity index (χ0v) is 19.4. The van der Waals surface area contributed by atoms with Crippen LogP contribution in [0, 0.1) is 11.8 Å². The second-order valence-corrected chi connectivity index (χ2v) is 8.41. The predicted octanol–water partition coefficient (Wildman–Crippen LogP) is 1.99. The van der Waals surface area contributed by atoms with E-state index in [1.165, 1.54) is 11.5 Å². The zero-order chi connectivity index (χ0) is 24.2. The number of hydrogen-bond donors (Lipinski definition) is 2. The molecular weight excluding hydrogens is 432 g/mol. The number of anilines is 2. The lowest BCUT2D eigenvalue weighted by molar-refractivity contribution is -0.114. The average molecular weight is 461 g/mol. The molecular formula is C25H28N6O3. The summed E-state index contributed by atoms with van der Waals surface area (Å²) in [5.74, 6) is 6.03. The summed E-state index contributed by atoms with van der Waals surface area (Å²) in [6.07, 6.45) is 3.49. The van der Waals surface area contributed by atoms with Crippen molar-refractivity contribution < 1.29 is 9.59 Å². The molecule has 3 heterocycles. The van der Waals surface area contributed by atoms with Crippen molar-refractivity contribution in [3.63, 3.8) is 0 Å². The van der Waals surface area contributed by atoms with Crippen LogP contribution in [0.1, 0.15) is 37.0 Å². The summed E-state index contributed by atoms with van der Waals surface area (Å²) in [5.41, 5.74) is 7.58. The average Bonchev–Trinajstić information content (AvgIpc) is 3.18. The van der Waals surface area contributed by atoms with Crippen molar-refractivity contribution >= 4 is 34.4 Å². The summed E-state index contributed by atoms with van der Waals surface area (Å²) in [7, 11) is 0. The molecule has 1 aliphatic heterocycles. The number of para-hydroxylation sites is 1. The Labute approximate surface area is 197 Å². The quantitative estimate of drug-likeness (QED) is 0.429. The molecule has 2 aromatic heterocycles. The number of carbonyl (C=O) groups is 2. The first-order valence-electron chi connectivity index (χ1n) is 11.3. The molecule has 1 unspecified atom stereocenters. The van der Waals surface area contributed by atoms with Gasteiger partial charge in [-0.3, -0.25) is 19.0 Å². The number of rotatable bonds is 6. The van der Waals surface area contributed by atoms with E-state index in [9.17, 15) is 14.4 Å². The van der Waals surface area contributed by atoms with Gasteiger partial charge in [0.2, 0.25) is 11.9 Å². The maximum Gasteiger partial charge on any atom is 0.277 e. The number of amides is 1. The summed E-state index contributed by atoms with van der Waals surface area (Å²) >= 11 is 0.